The van der Waals surface area contributed by atoms with Crippen LogP contribution in [0.15, 0.2) is 42.6 Å². The second kappa shape index (κ2) is 8.43. The quantitative estimate of drug-likeness (QED) is 0.791. The highest BCUT2D eigenvalue weighted by atomic mass is 16.2. The summed E-state index contributed by atoms with van der Waals surface area (Å²) >= 11 is 0. The van der Waals surface area contributed by atoms with Crippen molar-refractivity contribution in [1.29, 1.82) is 0 Å². The van der Waals surface area contributed by atoms with Crippen molar-refractivity contribution >= 4 is 29.2 Å². The molecule has 1 saturated heterocycles. The number of carbonyl (C=O) groups excluding carboxylic acids is 3. The molecule has 150 valence electrons. The molecule has 0 radical (unpaired) electrons. The van der Waals surface area contributed by atoms with Crippen LogP contribution in [-0.4, -0.2) is 47.2 Å². The molecule has 0 saturated carbocycles. The van der Waals surface area contributed by atoms with Crippen molar-refractivity contribution in [3.8, 4) is 0 Å². The molecule has 2 aliphatic rings. The van der Waals surface area contributed by atoms with E-state index < -0.39 is 0 Å². The molecular weight excluding hydrogens is 368 g/mol. The Balaban J connectivity index is 1.31. The van der Waals surface area contributed by atoms with Crippen LogP contribution in [0.25, 0.3) is 0 Å². The van der Waals surface area contributed by atoms with Crippen LogP contribution in [0.2, 0.25) is 0 Å². The van der Waals surface area contributed by atoms with Crippen LogP contribution in [0.5, 0.6) is 0 Å². The van der Waals surface area contributed by atoms with Gasteiger partial charge < -0.3 is 10.2 Å². The molecule has 7 nitrogen and oxygen atoms in total. The first kappa shape index (κ1) is 19.1. The van der Waals surface area contributed by atoms with Gasteiger partial charge in [0.1, 0.15) is 5.82 Å². The molecule has 2 aromatic rings. The number of anilines is 2. The number of carbonyl (C=O) groups is 3. The lowest BCUT2D eigenvalue weighted by Gasteiger charge is -2.22. The molecule has 0 bridgehead atoms. The molecule has 4 rings (SSSR count). The molecule has 29 heavy (non-hydrogen) atoms. The second-order valence-electron chi connectivity index (χ2n) is 7.41. The molecule has 1 aromatic heterocycles. The Kier molecular flexibility index (Phi) is 5.55. The van der Waals surface area contributed by atoms with E-state index in [2.05, 4.69) is 15.2 Å². The summed E-state index contributed by atoms with van der Waals surface area (Å²) in [6.45, 7) is 2.12. The van der Waals surface area contributed by atoms with E-state index in [9.17, 15) is 14.4 Å². The molecule has 7 heteroatoms. The highest BCUT2D eigenvalue weighted by Crippen LogP contribution is 2.23. The third kappa shape index (κ3) is 4.13. The van der Waals surface area contributed by atoms with Crippen molar-refractivity contribution in [3.63, 3.8) is 0 Å². The minimum Gasteiger partial charge on any atom is -0.370 e. The fourth-order valence-corrected chi connectivity index (χ4v) is 3.84. The topological polar surface area (TPSA) is 82.6 Å². The van der Waals surface area contributed by atoms with Crippen molar-refractivity contribution in [2.24, 2.45) is 0 Å². The summed E-state index contributed by atoms with van der Waals surface area (Å²) in [6.07, 6.45) is 6.73. The Bertz CT molecular complexity index is 883. The van der Waals surface area contributed by atoms with Gasteiger partial charge in [-0.2, -0.15) is 0 Å². The zero-order chi connectivity index (χ0) is 20.2. The molecule has 0 atom stereocenters. The van der Waals surface area contributed by atoms with Crippen LogP contribution >= 0.6 is 0 Å². The van der Waals surface area contributed by atoms with E-state index in [0.29, 0.717) is 16.9 Å². The van der Waals surface area contributed by atoms with Crippen molar-refractivity contribution in [2.75, 3.05) is 29.9 Å². The van der Waals surface area contributed by atoms with Crippen molar-refractivity contribution in [1.82, 2.24) is 9.88 Å². The number of nitrogens with zero attached hydrogens (tertiary/aromatic N) is 3. The Labute approximate surface area is 169 Å². The molecule has 0 unspecified atom stereocenters. The van der Waals surface area contributed by atoms with Crippen LogP contribution in [0, 0.1) is 0 Å². The molecule has 1 N–H and O–H groups in total. The van der Waals surface area contributed by atoms with Gasteiger partial charge in [0.25, 0.3) is 11.8 Å². The molecule has 2 aliphatic heterocycles. The third-order valence-corrected chi connectivity index (χ3v) is 5.43. The number of hydrogen-bond acceptors (Lipinski definition) is 5. The Morgan fingerprint density at radius 3 is 2.17 bits per heavy atom. The number of nitrogens with one attached hydrogen (secondary N) is 1. The third-order valence-electron chi connectivity index (χ3n) is 5.43. The van der Waals surface area contributed by atoms with Gasteiger partial charge in [-0.1, -0.05) is 25.0 Å². The summed E-state index contributed by atoms with van der Waals surface area (Å²) in [6, 6.07) is 10.5. The monoisotopic (exact) mass is 392 g/mol. The van der Waals surface area contributed by atoms with Gasteiger partial charge in [0.15, 0.2) is 0 Å². The first-order chi connectivity index (χ1) is 14.1. The van der Waals surface area contributed by atoms with E-state index in [1.807, 2.05) is 6.07 Å². The average Bonchev–Trinajstić information content (AvgIpc) is 2.92. The number of amides is 3. The van der Waals surface area contributed by atoms with Crippen molar-refractivity contribution < 1.29 is 14.4 Å². The standard InChI is InChI=1S/C22H24N4O3/c27-20(11-14-26-21(28)17-7-3-4-8-18(17)22(26)29)24-19-10-9-16(15-23-19)25-12-5-1-2-6-13-25/h3-4,7-10,15H,1-2,5-6,11-14H2,(H,23,24,27). The fraction of sp³-hybridized carbons (Fsp3) is 0.364. The van der Waals surface area contributed by atoms with E-state index >= 15 is 0 Å². The van der Waals surface area contributed by atoms with Crippen LogP contribution in [0.4, 0.5) is 11.5 Å². The second-order valence-corrected chi connectivity index (χ2v) is 7.41. The van der Waals surface area contributed by atoms with Gasteiger partial charge in [-0.3, -0.25) is 19.3 Å². The van der Waals surface area contributed by atoms with Crippen molar-refractivity contribution in [2.45, 2.75) is 32.1 Å². The predicted octanol–water partition coefficient (Wildman–Crippen LogP) is 3.09. The first-order valence-corrected chi connectivity index (χ1v) is 10.1. The maximum absolute atomic E-state index is 12.3. The SMILES string of the molecule is O=C(CCN1C(=O)c2ccccc2C1=O)Nc1ccc(N2CCCCCC2)cn1. The number of rotatable bonds is 5. The number of imide groups is 1. The fourth-order valence-electron chi connectivity index (χ4n) is 3.84. The zero-order valence-corrected chi connectivity index (χ0v) is 16.3. The van der Waals surface area contributed by atoms with Gasteiger partial charge in [0, 0.05) is 26.1 Å². The largest absolute Gasteiger partial charge is 0.370 e. The van der Waals surface area contributed by atoms with E-state index in [1.54, 1.807) is 36.5 Å². The van der Waals surface area contributed by atoms with Crippen LogP contribution < -0.4 is 10.2 Å². The summed E-state index contributed by atoms with van der Waals surface area (Å²) in [7, 11) is 0. The van der Waals surface area contributed by atoms with Gasteiger partial charge in [-0.15, -0.1) is 0 Å². The summed E-state index contributed by atoms with van der Waals surface area (Å²) in [5.74, 6) is -0.510. The Morgan fingerprint density at radius 2 is 1.59 bits per heavy atom. The van der Waals surface area contributed by atoms with Gasteiger partial charge >= 0.3 is 0 Å². The zero-order valence-electron chi connectivity index (χ0n) is 16.3. The summed E-state index contributed by atoms with van der Waals surface area (Å²) in [5, 5.41) is 2.74. The minimum atomic E-state index is -0.349. The average molecular weight is 392 g/mol. The summed E-state index contributed by atoms with van der Waals surface area (Å²) in [4.78, 5) is 44.8. The van der Waals surface area contributed by atoms with Crippen LogP contribution in [0.1, 0.15) is 52.8 Å². The van der Waals surface area contributed by atoms with Gasteiger partial charge in [0.05, 0.1) is 23.0 Å². The maximum Gasteiger partial charge on any atom is 0.261 e. The molecule has 1 fully saturated rings. The van der Waals surface area contributed by atoms with Crippen LogP contribution in [-0.2, 0) is 4.79 Å². The molecule has 3 heterocycles. The lowest BCUT2D eigenvalue weighted by Crippen LogP contribution is -2.33. The highest BCUT2D eigenvalue weighted by molar-refractivity contribution is 6.21. The molecule has 1 aromatic carbocycles. The lowest BCUT2D eigenvalue weighted by molar-refractivity contribution is -0.116. The highest BCUT2D eigenvalue weighted by Gasteiger charge is 2.34. The number of benzene rings is 1. The van der Waals surface area contributed by atoms with Crippen molar-refractivity contribution in [3.05, 3.63) is 53.7 Å². The number of fused-ring (bicyclic) bond motifs is 1. The van der Waals surface area contributed by atoms with Gasteiger partial charge in [-0.05, 0) is 37.1 Å². The Hall–Kier alpha value is -3.22. The van der Waals surface area contributed by atoms with Gasteiger partial charge in [-0.25, -0.2) is 4.98 Å². The summed E-state index contributed by atoms with van der Waals surface area (Å²) in [5.41, 5.74) is 1.85. The van der Waals surface area contributed by atoms with E-state index in [1.165, 1.54) is 25.7 Å². The molecule has 3 amide bonds. The normalized spacial score (nSPS) is 16.6. The molecule has 0 aliphatic carbocycles. The number of hydrogen-bond donors (Lipinski definition) is 1. The van der Waals surface area contributed by atoms with E-state index in [-0.39, 0.29) is 30.7 Å². The lowest BCUT2D eigenvalue weighted by atomic mass is 10.1. The van der Waals surface area contributed by atoms with E-state index in [0.717, 1.165) is 23.7 Å². The molecule has 0 spiro atoms. The van der Waals surface area contributed by atoms with E-state index in [4.69, 9.17) is 0 Å². The molecular formula is C22H24N4O3. The number of pyridine rings is 1. The van der Waals surface area contributed by atoms with Gasteiger partial charge in [0.2, 0.25) is 5.91 Å². The number of aromatic nitrogens is 1. The minimum absolute atomic E-state index is 0.0288. The first-order valence-electron chi connectivity index (χ1n) is 10.1. The predicted molar refractivity (Wildman–Crippen MR) is 110 cm³/mol. The Morgan fingerprint density at radius 1 is 0.931 bits per heavy atom. The van der Waals surface area contributed by atoms with Crippen LogP contribution in [0.3, 0.4) is 0 Å². The summed E-state index contributed by atoms with van der Waals surface area (Å²) < 4.78 is 0. The maximum atomic E-state index is 12.3. The smallest absolute Gasteiger partial charge is 0.261 e.